The van der Waals surface area contributed by atoms with Crippen molar-refractivity contribution in [3.8, 4) is 11.5 Å². The number of amides is 1. The van der Waals surface area contributed by atoms with Crippen molar-refractivity contribution < 1.29 is 23.0 Å². The van der Waals surface area contributed by atoms with Gasteiger partial charge in [0, 0.05) is 19.1 Å². The molecule has 37 heavy (non-hydrogen) atoms. The number of piperidine rings is 1. The van der Waals surface area contributed by atoms with Gasteiger partial charge in [0.2, 0.25) is 5.75 Å². The van der Waals surface area contributed by atoms with E-state index in [-0.39, 0.29) is 34.5 Å². The van der Waals surface area contributed by atoms with Gasteiger partial charge in [0.25, 0.3) is 5.56 Å². The zero-order chi connectivity index (χ0) is 26.5. The zero-order valence-corrected chi connectivity index (χ0v) is 21.1. The number of nitrogens with two attached hydrogens (primary N) is 1. The van der Waals surface area contributed by atoms with Gasteiger partial charge in [-0.2, -0.15) is 0 Å². The van der Waals surface area contributed by atoms with Gasteiger partial charge in [-0.1, -0.05) is 0 Å². The largest absolute Gasteiger partial charge is 0.451 e. The van der Waals surface area contributed by atoms with Gasteiger partial charge >= 0.3 is 6.09 Å². The smallest absolute Gasteiger partial charge is 0.410 e. The van der Waals surface area contributed by atoms with Gasteiger partial charge in [-0.25, -0.2) is 18.6 Å². The highest BCUT2D eigenvalue weighted by Crippen LogP contribution is 2.54. The Hall–Kier alpha value is -3.69. The maximum Gasteiger partial charge on any atom is 0.410 e. The van der Waals surface area contributed by atoms with Crippen LogP contribution in [0.5, 0.6) is 11.5 Å². The minimum atomic E-state index is -0.999. The number of halogens is 2. The van der Waals surface area contributed by atoms with E-state index in [0.29, 0.717) is 24.0 Å². The van der Waals surface area contributed by atoms with Crippen LogP contribution in [-0.4, -0.2) is 39.2 Å². The van der Waals surface area contributed by atoms with Crippen molar-refractivity contribution in [3.63, 3.8) is 0 Å². The third-order valence-electron chi connectivity index (χ3n) is 7.26. The fourth-order valence-electron chi connectivity index (χ4n) is 5.23. The fraction of sp³-hybridized carbons (Fsp3) is 0.444. The number of benzene rings is 2. The summed E-state index contributed by atoms with van der Waals surface area (Å²) in [5.74, 6) is -2.41. The summed E-state index contributed by atoms with van der Waals surface area (Å²) in [7, 11) is 0. The Bertz CT molecular complexity index is 1420. The van der Waals surface area contributed by atoms with Crippen molar-refractivity contribution in [3.05, 3.63) is 58.6 Å². The van der Waals surface area contributed by atoms with Crippen molar-refractivity contribution in [2.45, 2.75) is 58.1 Å². The molecule has 1 aromatic heterocycles. The lowest BCUT2D eigenvalue weighted by Crippen LogP contribution is -2.51. The first-order valence-electron chi connectivity index (χ1n) is 12.3. The molecule has 3 aromatic rings. The van der Waals surface area contributed by atoms with Gasteiger partial charge in [-0.05, 0) is 82.2 Å². The van der Waals surface area contributed by atoms with Gasteiger partial charge in [0.1, 0.15) is 11.4 Å². The van der Waals surface area contributed by atoms with Crippen LogP contribution in [0.2, 0.25) is 0 Å². The summed E-state index contributed by atoms with van der Waals surface area (Å²) >= 11 is 0. The number of ether oxygens (including phenoxy) is 2. The minimum Gasteiger partial charge on any atom is -0.451 e. The minimum absolute atomic E-state index is 0.00846. The molecular formula is C27H30F2N4O4. The summed E-state index contributed by atoms with van der Waals surface area (Å²) in [6.07, 6.45) is 4.61. The highest BCUT2D eigenvalue weighted by atomic mass is 19.1. The van der Waals surface area contributed by atoms with Crippen molar-refractivity contribution in [1.29, 1.82) is 0 Å². The van der Waals surface area contributed by atoms with Gasteiger partial charge < -0.3 is 20.1 Å². The van der Waals surface area contributed by atoms with Crippen molar-refractivity contribution in [1.82, 2.24) is 14.5 Å². The van der Waals surface area contributed by atoms with E-state index < -0.39 is 23.0 Å². The van der Waals surface area contributed by atoms with Crippen LogP contribution in [0.4, 0.5) is 19.3 Å². The van der Waals surface area contributed by atoms with Gasteiger partial charge in [0.05, 0.1) is 22.9 Å². The van der Waals surface area contributed by atoms with E-state index in [1.807, 2.05) is 20.8 Å². The van der Waals surface area contributed by atoms with E-state index in [1.54, 1.807) is 21.9 Å². The molecule has 2 fully saturated rings. The standard InChI is InChI=1S/C27H30F2N4O4/c1-26(2,3)37-25(35)32-10-8-27(9-11-32)13-16(14-27)33-15-31-21-7-4-17(12-18(21)24(33)34)36-23-19(28)5-6-20(30)22(23)29/h4-7,12,15-16H,8-11,13-14,30H2,1-3H3. The fourth-order valence-corrected chi connectivity index (χ4v) is 5.23. The number of anilines is 1. The maximum atomic E-state index is 14.3. The van der Waals surface area contributed by atoms with Crippen LogP contribution in [0.25, 0.3) is 10.9 Å². The molecule has 8 nitrogen and oxygen atoms in total. The molecule has 1 saturated heterocycles. The summed E-state index contributed by atoms with van der Waals surface area (Å²) in [6.45, 7) is 6.82. The summed E-state index contributed by atoms with van der Waals surface area (Å²) in [6, 6.07) is 6.65. The molecule has 1 amide bonds. The summed E-state index contributed by atoms with van der Waals surface area (Å²) in [5.41, 5.74) is 5.07. The monoisotopic (exact) mass is 512 g/mol. The number of aromatic nitrogens is 2. The van der Waals surface area contributed by atoms with E-state index in [4.69, 9.17) is 15.2 Å². The van der Waals surface area contributed by atoms with Gasteiger partial charge in [-0.3, -0.25) is 9.36 Å². The van der Waals surface area contributed by atoms with Crippen LogP contribution in [-0.2, 0) is 4.74 Å². The van der Waals surface area contributed by atoms with Crippen LogP contribution >= 0.6 is 0 Å². The molecule has 2 aliphatic rings. The molecule has 0 radical (unpaired) electrons. The molecule has 0 atom stereocenters. The van der Waals surface area contributed by atoms with Crippen LogP contribution in [0.15, 0.2) is 41.5 Å². The van der Waals surface area contributed by atoms with E-state index in [2.05, 4.69) is 4.98 Å². The zero-order valence-electron chi connectivity index (χ0n) is 21.1. The number of hydrogen-bond donors (Lipinski definition) is 1. The van der Waals surface area contributed by atoms with E-state index in [0.717, 1.165) is 37.8 Å². The van der Waals surface area contributed by atoms with Crippen LogP contribution in [0.1, 0.15) is 52.5 Å². The quantitative estimate of drug-likeness (QED) is 0.472. The van der Waals surface area contributed by atoms with Gasteiger partial charge in [0.15, 0.2) is 11.6 Å². The van der Waals surface area contributed by atoms with Crippen LogP contribution < -0.4 is 16.0 Å². The number of hydrogen-bond acceptors (Lipinski definition) is 6. The normalized spacial score (nSPS) is 17.6. The number of rotatable bonds is 3. The molecule has 2 aromatic carbocycles. The number of fused-ring (bicyclic) bond motifs is 1. The van der Waals surface area contributed by atoms with Crippen molar-refractivity contribution in [2.75, 3.05) is 18.8 Å². The molecule has 2 N–H and O–H groups in total. The van der Waals surface area contributed by atoms with E-state index in [1.165, 1.54) is 12.1 Å². The average Bonchev–Trinajstić information content (AvgIpc) is 2.82. The second-order valence-electron chi connectivity index (χ2n) is 11.0. The third kappa shape index (κ3) is 4.84. The maximum absolute atomic E-state index is 14.3. The Morgan fingerprint density at radius 2 is 1.84 bits per heavy atom. The number of nitrogen functional groups attached to an aromatic ring is 1. The SMILES string of the molecule is CC(C)(C)OC(=O)N1CCC2(CC1)CC(n1cnc3ccc(Oc4c(F)ccc(N)c4F)cc3c1=O)C2. The van der Waals surface area contributed by atoms with Crippen LogP contribution in [0, 0.1) is 17.0 Å². The first-order valence-corrected chi connectivity index (χ1v) is 12.3. The molecule has 1 aliphatic carbocycles. The highest BCUT2D eigenvalue weighted by Gasteiger charge is 2.47. The molecule has 2 heterocycles. The van der Waals surface area contributed by atoms with Crippen LogP contribution in [0.3, 0.4) is 0 Å². The number of carbonyl (C=O) groups is 1. The molecular weight excluding hydrogens is 482 g/mol. The molecule has 1 saturated carbocycles. The predicted octanol–water partition coefficient (Wildman–Crippen LogP) is 5.40. The van der Waals surface area contributed by atoms with Crippen molar-refractivity contribution in [2.24, 2.45) is 5.41 Å². The lowest BCUT2D eigenvalue weighted by molar-refractivity contribution is -0.0241. The molecule has 1 aliphatic heterocycles. The van der Waals surface area contributed by atoms with E-state index in [9.17, 15) is 18.4 Å². The first-order chi connectivity index (χ1) is 17.4. The highest BCUT2D eigenvalue weighted by molar-refractivity contribution is 5.79. The lowest BCUT2D eigenvalue weighted by atomic mass is 9.60. The molecule has 5 rings (SSSR count). The van der Waals surface area contributed by atoms with E-state index >= 15 is 0 Å². The molecule has 0 unspecified atom stereocenters. The van der Waals surface area contributed by atoms with Crippen molar-refractivity contribution >= 4 is 22.7 Å². The Kier molecular flexibility index (Phi) is 6.08. The average molecular weight is 513 g/mol. The Morgan fingerprint density at radius 1 is 1.14 bits per heavy atom. The summed E-state index contributed by atoms with van der Waals surface area (Å²) in [4.78, 5) is 31.9. The van der Waals surface area contributed by atoms with Gasteiger partial charge in [-0.15, -0.1) is 0 Å². The predicted molar refractivity (Wildman–Crippen MR) is 135 cm³/mol. The summed E-state index contributed by atoms with van der Waals surface area (Å²) in [5, 5.41) is 0.297. The third-order valence-corrected chi connectivity index (χ3v) is 7.26. The number of nitrogens with zero attached hydrogens (tertiary/aromatic N) is 3. The Labute approximate surface area is 213 Å². The molecule has 0 bridgehead atoms. The second-order valence-corrected chi connectivity index (χ2v) is 11.0. The topological polar surface area (TPSA) is 99.7 Å². The number of likely N-dealkylation sites (tertiary alicyclic amines) is 1. The molecule has 10 heteroatoms. The molecule has 1 spiro atoms. The Balaban J connectivity index is 1.30. The lowest BCUT2D eigenvalue weighted by Gasteiger charge is -2.52. The molecule has 196 valence electrons. The Morgan fingerprint density at radius 3 is 2.51 bits per heavy atom. The number of carbonyl (C=O) groups excluding carboxylic acids is 1. The summed E-state index contributed by atoms with van der Waals surface area (Å²) < 4.78 is 40.9. The second kappa shape index (κ2) is 9.00. The first kappa shape index (κ1) is 25.0.